The van der Waals surface area contributed by atoms with E-state index in [1.165, 1.54) is 0 Å². The van der Waals surface area contributed by atoms with Gasteiger partial charge in [-0.2, -0.15) is 0 Å². The minimum atomic E-state index is -1.99. The molecule has 5 rings (SSSR count). The lowest BCUT2D eigenvalue weighted by atomic mass is 9.84. The van der Waals surface area contributed by atoms with E-state index in [0.29, 0.717) is 30.5 Å². The van der Waals surface area contributed by atoms with Gasteiger partial charge >= 0.3 is 0 Å². The first kappa shape index (κ1) is 28.0. The van der Waals surface area contributed by atoms with Crippen molar-refractivity contribution in [2.75, 3.05) is 13.2 Å². The summed E-state index contributed by atoms with van der Waals surface area (Å²) in [4.78, 5) is 52.4. The molecule has 2 aliphatic carbocycles. The van der Waals surface area contributed by atoms with E-state index in [0.717, 1.165) is 43.2 Å². The molecule has 0 unspecified atom stereocenters. The number of hydrogen-bond donors (Lipinski definition) is 5. The molecule has 3 aliphatic rings. The highest BCUT2D eigenvalue weighted by atomic mass is 16.3. The summed E-state index contributed by atoms with van der Waals surface area (Å²) in [6, 6.07) is 12.3. The van der Waals surface area contributed by atoms with E-state index in [4.69, 9.17) is 0 Å². The third-order valence-corrected chi connectivity index (χ3v) is 8.71. The van der Waals surface area contributed by atoms with Crippen LogP contribution in [0.25, 0.3) is 11.1 Å². The van der Waals surface area contributed by atoms with Crippen LogP contribution in [0.5, 0.6) is 0 Å². The number of aliphatic hydroxyl groups is 2. The third-order valence-electron chi connectivity index (χ3n) is 8.71. The molecular weight excluding hydrogens is 510 g/mol. The molecule has 3 atom stereocenters. The highest BCUT2D eigenvalue weighted by Crippen LogP contribution is 2.47. The van der Waals surface area contributed by atoms with Crippen LogP contribution in [0.3, 0.4) is 0 Å². The molecule has 5 N–H and O–H groups in total. The maximum absolute atomic E-state index is 13.9. The number of Topliss-reactive ketones (excluding diaryl/α,β-unsaturated/α-hetero) is 1. The van der Waals surface area contributed by atoms with Gasteiger partial charge in [0.1, 0.15) is 12.6 Å². The second kappa shape index (κ2) is 11.9. The number of carbonyl (C=O) groups is 4. The monoisotopic (exact) mass is 547 g/mol. The van der Waals surface area contributed by atoms with Crippen molar-refractivity contribution in [3.63, 3.8) is 0 Å². The maximum atomic E-state index is 13.9. The predicted molar refractivity (Wildman–Crippen MR) is 148 cm³/mol. The molecule has 40 heavy (non-hydrogen) atoms. The number of aliphatic hydroxyl groups excluding tert-OH is 1. The van der Waals surface area contributed by atoms with Gasteiger partial charge in [-0.25, -0.2) is 0 Å². The van der Waals surface area contributed by atoms with Gasteiger partial charge in [0.25, 0.3) is 5.91 Å². The van der Waals surface area contributed by atoms with Crippen LogP contribution in [0.1, 0.15) is 62.5 Å². The standard InChI is InChI=1S/C31H37N3O6/c35-18-27(36)25(17-20-14-15-32-28(20)37)33-29(38)26(16-19-8-2-1-3-9-19)34-30(39)31(40)23-12-6-4-10-21(23)22-11-5-7-13-24(22)31/h4-7,10-13,19-20,25-26,35,40H,1-3,8-9,14-18H2,(H,32,37)(H,33,38)(H,34,39)/t20-,25+,26+/m0/s1. The molecule has 0 radical (unpaired) electrons. The second-order valence-corrected chi connectivity index (χ2v) is 11.3. The minimum Gasteiger partial charge on any atom is -0.389 e. The normalized spacial score (nSPS) is 21.1. The Balaban J connectivity index is 1.41. The van der Waals surface area contributed by atoms with E-state index < -0.39 is 47.8 Å². The fourth-order valence-electron chi connectivity index (χ4n) is 6.51. The van der Waals surface area contributed by atoms with E-state index in [1.807, 2.05) is 24.3 Å². The first-order valence-electron chi connectivity index (χ1n) is 14.3. The van der Waals surface area contributed by atoms with Crippen molar-refractivity contribution in [3.05, 3.63) is 59.7 Å². The Morgan fingerprint density at radius 2 is 1.50 bits per heavy atom. The number of hydrogen-bond acceptors (Lipinski definition) is 6. The molecule has 9 nitrogen and oxygen atoms in total. The Bertz CT molecular complexity index is 1240. The third kappa shape index (κ3) is 5.40. The van der Waals surface area contributed by atoms with Gasteiger partial charge in [0, 0.05) is 23.6 Å². The summed E-state index contributed by atoms with van der Waals surface area (Å²) in [5, 5.41) is 29.8. The Morgan fingerprint density at radius 3 is 2.08 bits per heavy atom. The maximum Gasteiger partial charge on any atom is 0.262 e. The number of fused-ring (bicyclic) bond motifs is 3. The average molecular weight is 548 g/mol. The zero-order valence-electron chi connectivity index (χ0n) is 22.5. The zero-order chi connectivity index (χ0) is 28.3. The number of carbonyl (C=O) groups excluding carboxylic acids is 4. The van der Waals surface area contributed by atoms with Gasteiger partial charge in [-0.05, 0) is 36.3 Å². The van der Waals surface area contributed by atoms with Crippen molar-refractivity contribution < 1.29 is 29.4 Å². The van der Waals surface area contributed by atoms with Gasteiger partial charge in [0.2, 0.25) is 11.8 Å². The van der Waals surface area contributed by atoms with Crippen molar-refractivity contribution in [2.45, 2.75) is 69.1 Å². The highest BCUT2D eigenvalue weighted by molar-refractivity contribution is 6.01. The van der Waals surface area contributed by atoms with Crippen LogP contribution in [0, 0.1) is 11.8 Å². The molecule has 212 valence electrons. The topological polar surface area (TPSA) is 145 Å². The summed E-state index contributed by atoms with van der Waals surface area (Å²) >= 11 is 0. The van der Waals surface area contributed by atoms with E-state index >= 15 is 0 Å². The molecule has 2 fully saturated rings. The molecule has 0 aromatic heterocycles. The molecule has 1 aliphatic heterocycles. The fraction of sp³-hybridized carbons (Fsp3) is 0.484. The molecule has 3 amide bonds. The average Bonchev–Trinajstić information content (AvgIpc) is 3.51. The van der Waals surface area contributed by atoms with Crippen molar-refractivity contribution in [1.29, 1.82) is 0 Å². The molecular formula is C31H37N3O6. The van der Waals surface area contributed by atoms with Gasteiger partial charge in [-0.1, -0.05) is 80.6 Å². The minimum absolute atomic E-state index is 0.0751. The van der Waals surface area contributed by atoms with E-state index in [-0.39, 0.29) is 18.2 Å². The van der Waals surface area contributed by atoms with Gasteiger partial charge < -0.3 is 26.2 Å². The van der Waals surface area contributed by atoms with Crippen LogP contribution in [-0.2, 0) is 24.8 Å². The van der Waals surface area contributed by atoms with E-state index in [9.17, 15) is 29.4 Å². The van der Waals surface area contributed by atoms with Crippen molar-refractivity contribution >= 4 is 23.5 Å². The largest absolute Gasteiger partial charge is 0.389 e. The van der Waals surface area contributed by atoms with Crippen LogP contribution in [0.2, 0.25) is 0 Å². The Morgan fingerprint density at radius 1 is 0.875 bits per heavy atom. The summed E-state index contributed by atoms with van der Waals surface area (Å²) in [7, 11) is 0. The molecule has 1 saturated heterocycles. The Kier molecular flexibility index (Phi) is 8.32. The zero-order valence-corrected chi connectivity index (χ0v) is 22.5. The number of rotatable bonds is 10. The fourth-order valence-corrected chi connectivity index (χ4v) is 6.51. The van der Waals surface area contributed by atoms with Gasteiger partial charge in [0.05, 0.1) is 6.04 Å². The Labute approximate surface area is 233 Å². The number of nitrogens with one attached hydrogen (secondary N) is 3. The number of amides is 3. The summed E-state index contributed by atoms with van der Waals surface area (Å²) in [5.74, 6) is -2.28. The molecule has 0 spiro atoms. The first-order valence-corrected chi connectivity index (χ1v) is 14.3. The van der Waals surface area contributed by atoms with Gasteiger partial charge in [-0.3, -0.25) is 19.2 Å². The SMILES string of the molecule is O=C1NCC[C@H]1C[C@@H](NC(=O)[C@@H](CC1CCCCC1)NC(=O)C1(O)c2ccccc2-c2ccccc21)C(=O)CO. The van der Waals surface area contributed by atoms with Crippen LogP contribution in [-0.4, -0.2) is 59.0 Å². The first-order chi connectivity index (χ1) is 19.3. The van der Waals surface area contributed by atoms with Gasteiger partial charge in [-0.15, -0.1) is 0 Å². The number of benzene rings is 2. The lowest BCUT2D eigenvalue weighted by Gasteiger charge is -2.31. The molecule has 1 heterocycles. The van der Waals surface area contributed by atoms with E-state index in [1.54, 1.807) is 24.3 Å². The van der Waals surface area contributed by atoms with Crippen LogP contribution in [0.15, 0.2) is 48.5 Å². The molecule has 2 aromatic carbocycles. The summed E-state index contributed by atoms with van der Waals surface area (Å²) < 4.78 is 0. The molecule has 9 heteroatoms. The summed E-state index contributed by atoms with van der Waals surface area (Å²) in [6.45, 7) is -0.272. The van der Waals surface area contributed by atoms with Gasteiger partial charge in [0.15, 0.2) is 11.4 Å². The molecule has 0 bridgehead atoms. The van der Waals surface area contributed by atoms with E-state index in [2.05, 4.69) is 16.0 Å². The lowest BCUT2D eigenvalue weighted by molar-refractivity contribution is -0.140. The molecule has 1 saturated carbocycles. The summed E-state index contributed by atoms with van der Waals surface area (Å²) in [5.41, 5.74) is 0.428. The van der Waals surface area contributed by atoms with Crippen LogP contribution >= 0.6 is 0 Å². The quantitative estimate of drug-likeness (QED) is 0.307. The highest BCUT2D eigenvalue weighted by Gasteiger charge is 2.48. The van der Waals surface area contributed by atoms with Crippen molar-refractivity contribution in [1.82, 2.24) is 16.0 Å². The van der Waals surface area contributed by atoms with Crippen LogP contribution in [0.4, 0.5) is 0 Å². The Hall–Kier alpha value is -3.56. The van der Waals surface area contributed by atoms with Crippen molar-refractivity contribution in [2.24, 2.45) is 11.8 Å². The predicted octanol–water partition coefficient (Wildman–Crippen LogP) is 1.93. The lowest BCUT2D eigenvalue weighted by Crippen LogP contribution is -2.56. The summed E-state index contributed by atoms with van der Waals surface area (Å²) in [6.07, 6.45) is 6.04. The van der Waals surface area contributed by atoms with Crippen LogP contribution < -0.4 is 16.0 Å². The molecule has 2 aromatic rings. The van der Waals surface area contributed by atoms with Crippen molar-refractivity contribution in [3.8, 4) is 11.1 Å². The smallest absolute Gasteiger partial charge is 0.262 e. The number of ketones is 1. The second-order valence-electron chi connectivity index (χ2n) is 11.3.